The second kappa shape index (κ2) is 14.6. The number of hydrogen-bond acceptors (Lipinski definition) is 12. The maximum atomic E-state index is 13.8. The van der Waals surface area contributed by atoms with Crippen LogP contribution in [0, 0.1) is 22.7 Å². The van der Waals surface area contributed by atoms with Gasteiger partial charge in [0.25, 0.3) is 17.7 Å². The second-order valence-electron chi connectivity index (χ2n) is 18.6. The molecule has 10 rings (SSSR count). The SMILES string of the molecule is C[C@H]1CN(c2ccc3c(c2)C(=O)N(C2CCC(=O)NC2=O)C3=O)CCN1CC1CCN(c2ccc(C(=O)NC3C(C)(C)[C@@H]4Oc5ccc(C#N)c6nccc(c56)C34C)cn2)CC1. The molecule has 7 heterocycles. The maximum Gasteiger partial charge on any atom is 0.262 e. The van der Waals surface area contributed by atoms with Gasteiger partial charge in [-0.3, -0.25) is 44.1 Å². The molecule has 62 heavy (non-hydrogen) atoms. The average molecular weight is 836 g/mol. The molecule has 2 aromatic heterocycles. The summed E-state index contributed by atoms with van der Waals surface area (Å²) in [6.07, 6.45) is 5.50. The first kappa shape index (κ1) is 39.7. The van der Waals surface area contributed by atoms with Gasteiger partial charge in [-0.2, -0.15) is 5.26 Å². The number of piperazine rings is 1. The lowest BCUT2D eigenvalue weighted by Gasteiger charge is -2.66. The van der Waals surface area contributed by atoms with E-state index in [1.165, 1.54) is 0 Å². The number of carbonyl (C=O) groups excluding carboxylic acids is 5. The van der Waals surface area contributed by atoms with Crippen LogP contribution in [0.2, 0.25) is 0 Å². The molecule has 5 atom stereocenters. The van der Waals surface area contributed by atoms with Crippen LogP contribution in [0.1, 0.15) is 95.6 Å². The molecule has 5 aliphatic heterocycles. The van der Waals surface area contributed by atoms with Crippen molar-refractivity contribution in [2.45, 2.75) is 83.0 Å². The number of pyridine rings is 2. The zero-order valence-electron chi connectivity index (χ0n) is 35.3. The number of imide groups is 2. The number of nitrogens with zero attached hydrogens (tertiary/aromatic N) is 7. The van der Waals surface area contributed by atoms with Gasteiger partial charge < -0.3 is 19.9 Å². The first-order chi connectivity index (χ1) is 29.8. The molecule has 6 aliphatic rings. The lowest BCUT2D eigenvalue weighted by Crippen LogP contribution is -2.78. The van der Waals surface area contributed by atoms with E-state index in [-0.39, 0.29) is 47.9 Å². The fourth-order valence-corrected chi connectivity index (χ4v) is 11.4. The van der Waals surface area contributed by atoms with Crippen LogP contribution < -0.4 is 25.2 Å². The first-order valence-electron chi connectivity index (χ1n) is 21.6. The van der Waals surface area contributed by atoms with E-state index in [0.29, 0.717) is 28.1 Å². The van der Waals surface area contributed by atoms with Crippen molar-refractivity contribution in [1.82, 2.24) is 30.4 Å². The fourth-order valence-electron chi connectivity index (χ4n) is 11.4. The number of carbonyl (C=O) groups is 5. The summed E-state index contributed by atoms with van der Waals surface area (Å²) in [7, 11) is 0. The van der Waals surface area contributed by atoms with E-state index in [1.54, 1.807) is 30.6 Å². The highest BCUT2D eigenvalue weighted by atomic mass is 16.5. The van der Waals surface area contributed by atoms with Gasteiger partial charge in [0.2, 0.25) is 11.8 Å². The number of ether oxygens (including phenoxy) is 1. The molecule has 318 valence electrons. The fraction of sp³-hybridized carbons (Fsp3) is 0.447. The number of amides is 5. The standard InChI is InChI=1S/C47H49N9O6/c1-26-24-55(30-7-8-31-32(21-30)43(61)56(42(31)60)34-9-12-37(57)51-41(34)59)20-19-54(26)25-27-14-17-53(18-15-27)36-11-6-29(23-50-36)40(58)52-44-46(2,3)45-47(44,4)33-13-16-49-39-28(22-48)5-10-35(62-45)38(33)39/h5-8,10-11,13,16,21,23,26-27,34,44-45H,9,12,14-15,17-20,24-25H2,1-4H3,(H,52,58)(H,51,57,59)/t26-,34?,44?,45-,47?/m0/s1. The van der Waals surface area contributed by atoms with E-state index >= 15 is 0 Å². The highest BCUT2D eigenvalue weighted by Gasteiger charge is 2.69. The number of rotatable bonds is 7. The van der Waals surface area contributed by atoms with Crippen LogP contribution in [0.3, 0.4) is 0 Å². The molecule has 1 aliphatic carbocycles. The van der Waals surface area contributed by atoms with Crippen LogP contribution in [0.4, 0.5) is 11.5 Å². The first-order valence-corrected chi connectivity index (χ1v) is 21.6. The van der Waals surface area contributed by atoms with Crippen LogP contribution >= 0.6 is 0 Å². The predicted octanol–water partition coefficient (Wildman–Crippen LogP) is 4.19. The summed E-state index contributed by atoms with van der Waals surface area (Å²) in [5.41, 5.74) is 3.20. The Hall–Kier alpha value is -6.40. The molecular formula is C47H49N9O6. The zero-order valence-corrected chi connectivity index (χ0v) is 35.3. The minimum atomic E-state index is -0.984. The number of benzene rings is 2. The molecule has 0 radical (unpaired) electrons. The molecule has 15 nitrogen and oxygen atoms in total. The van der Waals surface area contributed by atoms with Crippen molar-refractivity contribution in [2.24, 2.45) is 11.3 Å². The summed E-state index contributed by atoms with van der Waals surface area (Å²) in [6.45, 7) is 13.8. The van der Waals surface area contributed by atoms with Gasteiger partial charge in [0, 0.05) is 80.6 Å². The van der Waals surface area contributed by atoms with Crippen molar-refractivity contribution < 1.29 is 28.7 Å². The summed E-state index contributed by atoms with van der Waals surface area (Å²) in [6, 6.07) is 16.0. The highest BCUT2D eigenvalue weighted by molar-refractivity contribution is 6.23. The second-order valence-corrected chi connectivity index (χ2v) is 18.6. The Bertz CT molecular complexity index is 2620. The molecule has 1 saturated carbocycles. The minimum Gasteiger partial charge on any atom is -0.488 e. The zero-order chi connectivity index (χ0) is 43.2. The van der Waals surface area contributed by atoms with Crippen LogP contribution in [-0.4, -0.2) is 113 Å². The Morgan fingerprint density at radius 3 is 2.45 bits per heavy atom. The predicted molar refractivity (Wildman–Crippen MR) is 229 cm³/mol. The van der Waals surface area contributed by atoms with Crippen molar-refractivity contribution in [3.05, 3.63) is 88.7 Å². The lowest BCUT2D eigenvalue weighted by atomic mass is 9.45. The van der Waals surface area contributed by atoms with Crippen LogP contribution in [0.25, 0.3) is 10.9 Å². The van der Waals surface area contributed by atoms with Gasteiger partial charge in [-0.1, -0.05) is 13.8 Å². The van der Waals surface area contributed by atoms with Crippen molar-refractivity contribution in [1.29, 1.82) is 5.26 Å². The largest absolute Gasteiger partial charge is 0.488 e. The Morgan fingerprint density at radius 2 is 1.73 bits per heavy atom. The number of aromatic nitrogens is 2. The van der Waals surface area contributed by atoms with E-state index in [1.807, 2.05) is 30.3 Å². The van der Waals surface area contributed by atoms with E-state index in [0.717, 1.165) is 85.2 Å². The molecule has 0 spiro atoms. The molecular weight excluding hydrogens is 787 g/mol. The summed E-state index contributed by atoms with van der Waals surface area (Å²) < 4.78 is 6.58. The van der Waals surface area contributed by atoms with Gasteiger partial charge in [0.1, 0.15) is 29.8 Å². The smallest absolute Gasteiger partial charge is 0.262 e. The van der Waals surface area contributed by atoms with E-state index in [2.05, 4.69) is 64.1 Å². The third kappa shape index (κ3) is 6.13. The molecule has 15 heteroatoms. The number of hydrogen-bond donors (Lipinski definition) is 2. The van der Waals surface area contributed by atoms with Crippen molar-refractivity contribution in [3.63, 3.8) is 0 Å². The minimum absolute atomic E-state index is 0.0850. The maximum absolute atomic E-state index is 13.8. The van der Waals surface area contributed by atoms with Gasteiger partial charge in [0.05, 0.1) is 39.2 Å². The third-order valence-corrected chi connectivity index (χ3v) is 14.6. The summed E-state index contributed by atoms with van der Waals surface area (Å²) >= 11 is 0. The molecule has 5 amide bonds. The average Bonchev–Trinajstić information content (AvgIpc) is 3.52. The van der Waals surface area contributed by atoms with Gasteiger partial charge in [-0.15, -0.1) is 0 Å². The molecule has 4 aromatic rings. The van der Waals surface area contributed by atoms with Crippen LogP contribution in [-0.2, 0) is 15.0 Å². The number of nitriles is 1. The van der Waals surface area contributed by atoms with E-state index < -0.39 is 35.1 Å². The molecule has 3 saturated heterocycles. The molecule has 2 N–H and O–H groups in total. The van der Waals surface area contributed by atoms with Gasteiger partial charge in [0.15, 0.2) is 0 Å². The third-order valence-electron chi connectivity index (χ3n) is 14.6. The highest BCUT2D eigenvalue weighted by Crippen LogP contribution is 2.61. The topological polar surface area (TPSA) is 181 Å². The normalized spacial score (nSPS) is 26.9. The Kier molecular flexibility index (Phi) is 9.36. The van der Waals surface area contributed by atoms with Gasteiger partial charge in [-0.25, -0.2) is 4.98 Å². The quantitative estimate of drug-likeness (QED) is 0.254. The van der Waals surface area contributed by atoms with Crippen molar-refractivity contribution in [2.75, 3.05) is 49.1 Å². The van der Waals surface area contributed by atoms with E-state index in [9.17, 15) is 29.2 Å². The lowest BCUT2D eigenvalue weighted by molar-refractivity contribution is -0.136. The van der Waals surface area contributed by atoms with Crippen molar-refractivity contribution in [3.8, 4) is 11.8 Å². The summed E-state index contributed by atoms with van der Waals surface area (Å²) in [5, 5.41) is 16.2. The van der Waals surface area contributed by atoms with E-state index in [4.69, 9.17) is 9.72 Å². The van der Waals surface area contributed by atoms with Crippen LogP contribution in [0.15, 0.2) is 60.9 Å². The molecule has 3 unspecified atom stereocenters. The number of piperidine rings is 2. The van der Waals surface area contributed by atoms with Gasteiger partial charge in [-0.05, 0) is 93.1 Å². The Morgan fingerprint density at radius 1 is 0.935 bits per heavy atom. The Balaban J connectivity index is 0.729. The number of nitrogens with one attached hydrogen (secondary N) is 2. The molecule has 2 aromatic carbocycles. The summed E-state index contributed by atoms with van der Waals surface area (Å²) in [5.74, 6) is -0.0723. The molecule has 4 fully saturated rings. The van der Waals surface area contributed by atoms with Crippen LogP contribution in [0.5, 0.6) is 5.75 Å². The number of fused-ring (bicyclic) bond motifs is 3. The van der Waals surface area contributed by atoms with Crippen molar-refractivity contribution >= 4 is 51.9 Å². The Labute approximate surface area is 359 Å². The molecule has 0 bridgehead atoms. The van der Waals surface area contributed by atoms with Gasteiger partial charge >= 0.3 is 0 Å². The summed E-state index contributed by atoms with van der Waals surface area (Å²) in [4.78, 5) is 82.0. The monoisotopic (exact) mass is 835 g/mol. The number of anilines is 2.